The molecule has 0 atom stereocenters. The van der Waals surface area contributed by atoms with E-state index in [0.717, 1.165) is 10.6 Å². The first-order valence-corrected chi connectivity index (χ1v) is 5.93. The van der Waals surface area contributed by atoms with Gasteiger partial charge in [0.05, 0.1) is 10.6 Å². The number of nitrogens with zero attached hydrogens (tertiary/aromatic N) is 1. The number of amides is 1. The number of thioether (sulfide) groups is 1. The van der Waals surface area contributed by atoms with Crippen molar-refractivity contribution >= 4 is 35.0 Å². The van der Waals surface area contributed by atoms with Gasteiger partial charge in [0.2, 0.25) is 0 Å². The van der Waals surface area contributed by atoms with Crippen LogP contribution in [-0.4, -0.2) is 24.9 Å². The summed E-state index contributed by atoms with van der Waals surface area (Å²) in [4.78, 5) is 15.2. The van der Waals surface area contributed by atoms with Gasteiger partial charge in [-0.2, -0.15) is 0 Å². The van der Waals surface area contributed by atoms with Crippen LogP contribution in [0.3, 0.4) is 0 Å². The molecule has 1 aromatic carbocycles. The first-order chi connectivity index (χ1) is 7.56. The molecule has 0 spiro atoms. The van der Waals surface area contributed by atoms with E-state index >= 15 is 0 Å². The number of carbonyl (C=O) groups is 1. The van der Waals surface area contributed by atoms with E-state index < -0.39 is 0 Å². The molecule has 0 bridgehead atoms. The Morgan fingerprint density at radius 1 is 1.44 bits per heavy atom. The van der Waals surface area contributed by atoms with E-state index in [1.807, 2.05) is 31.1 Å². The molecule has 5 heteroatoms. The predicted octanol–water partition coefficient (Wildman–Crippen LogP) is 2.79. The highest BCUT2D eigenvalue weighted by Gasteiger charge is 2.21. The Bertz CT molecular complexity index is 471. The number of rotatable bonds is 1. The quantitative estimate of drug-likeness (QED) is 0.783. The Labute approximate surface area is 103 Å². The number of nitrogens with one attached hydrogen (secondary N) is 1. The zero-order valence-electron chi connectivity index (χ0n) is 8.95. The number of anilines is 1. The number of carbonyl (C=O) groups excluding carboxylic acids is 1. The average molecular weight is 255 g/mol. The lowest BCUT2D eigenvalue weighted by Crippen LogP contribution is -2.19. The summed E-state index contributed by atoms with van der Waals surface area (Å²) in [5.41, 5.74) is 0.815. The smallest absolute Gasteiger partial charge is 0.263 e. The molecule has 84 valence electrons. The van der Waals surface area contributed by atoms with E-state index in [0.29, 0.717) is 9.93 Å². The summed E-state index contributed by atoms with van der Waals surface area (Å²) in [6.07, 6.45) is 1.80. The summed E-state index contributed by atoms with van der Waals surface area (Å²) >= 11 is 7.34. The van der Waals surface area contributed by atoms with Crippen LogP contribution in [0.1, 0.15) is 0 Å². The highest BCUT2D eigenvalue weighted by atomic mass is 35.5. The largest absolute Gasteiger partial charge is 0.382 e. The molecule has 0 unspecified atom stereocenters. The SMILES string of the molecule is CN(C)C=C1Sc2cc(Cl)ccc2NC1=O. The summed E-state index contributed by atoms with van der Waals surface area (Å²) in [6.45, 7) is 0. The molecule has 0 aromatic heterocycles. The number of halogens is 1. The third-order valence-corrected chi connectivity index (χ3v) is 3.31. The molecule has 1 amide bonds. The first-order valence-electron chi connectivity index (χ1n) is 4.73. The van der Waals surface area contributed by atoms with Crippen molar-refractivity contribution in [3.8, 4) is 0 Å². The van der Waals surface area contributed by atoms with Crippen molar-refractivity contribution in [3.63, 3.8) is 0 Å². The molecule has 1 aromatic rings. The normalized spacial score (nSPS) is 16.9. The Hall–Kier alpha value is -1.13. The fraction of sp³-hybridized carbons (Fsp3) is 0.182. The molecule has 3 nitrogen and oxygen atoms in total. The standard InChI is InChI=1S/C11H11ClN2OS/c1-14(2)6-10-11(15)13-8-4-3-7(12)5-9(8)16-10/h3-6H,1-2H3,(H,13,15). The molecular weight excluding hydrogens is 244 g/mol. The zero-order chi connectivity index (χ0) is 11.7. The third kappa shape index (κ3) is 2.33. The molecule has 0 aliphatic carbocycles. The fourth-order valence-electron chi connectivity index (χ4n) is 1.35. The van der Waals surface area contributed by atoms with Crippen molar-refractivity contribution in [1.82, 2.24) is 4.90 Å². The highest BCUT2D eigenvalue weighted by molar-refractivity contribution is 8.04. The summed E-state index contributed by atoms with van der Waals surface area (Å²) in [6, 6.07) is 5.43. The maximum atomic E-state index is 11.7. The van der Waals surface area contributed by atoms with Crippen molar-refractivity contribution < 1.29 is 4.79 Å². The van der Waals surface area contributed by atoms with Gasteiger partial charge in [-0.15, -0.1) is 0 Å². The second kappa shape index (κ2) is 4.39. The van der Waals surface area contributed by atoms with Gasteiger partial charge < -0.3 is 10.2 Å². The Morgan fingerprint density at radius 2 is 2.19 bits per heavy atom. The third-order valence-electron chi connectivity index (χ3n) is 2.01. The lowest BCUT2D eigenvalue weighted by Gasteiger charge is -2.19. The Balaban J connectivity index is 2.37. The molecule has 1 heterocycles. The van der Waals surface area contributed by atoms with Crippen LogP contribution in [0.25, 0.3) is 0 Å². The topological polar surface area (TPSA) is 32.3 Å². The molecule has 1 aliphatic rings. The van der Waals surface area contributed by atoms with Gasteiger partial charge >= 0.3 is 0 Å². The van der Waals surface area contributed by atoms with E-state index in [9.17, 15) is 4.79 Å². The number of benzene rings is 1. The van der Waals surface area contributed by atoms with E-state index in [-0.39, 0.29) is 5.91 Å². The van der Waals surface area contributed by atoms with Crippen molar-refractivity contribution in [2.75, 3.05) is 19.4 Å². The molecule has 0 radical (unpaired) electrons. The second-order valence-electron chi connectivity index (χ2n) is 3.65. The molecular formula is C11H11ClN2OS. The van der Waals surface area contributed by atoms with Gasteiger partial charge in [-0.25, -0.2) is 0 Å². The van der Waals surface area contributed by atoms with Crippen LogP contribution < -0.4 is 5.32 Å². The molecule has 2 rings (SSSR count). The molecule has 1 N–H and O–H groups in total. The van der Waals surface area contributed by atoms with Crippen LogP contribution in [0, 0.1) is 0 Å². The van der Waals surface area contributed by atoms with Gasteiger partial charge in [-0.3, -0.25) is 4.79 Å². The van der Waals surface area contributed by atoms with Crippen LogP contribution in [0.5, 0.6) is 0 Å². The fourth-order valence-corrected chi connectivity index (χ4v) is 2.65. The van der Waals surface area contributed by atoms with Gasteiger partial charge in [0.1, 0.15) is 0 Å². The van der Waals surface area contributed by atoms with Gasteiger partial charge in [0.15, 0.2) is 0 Å². The summed E-state index contributed by atoms with van der Waals surface area (Å²) in [7, 11) is 3.77. The van der Waals surface area contributed by atoms with Gasteiger partial charge in [-0.05, 0) is 18.2 Å². The van der Waals surface area contributed by atoms with Crippen LogP contribution in [0.2, 0.25) is 5.02 Å². The van der Waals surface area contributed by atoms with Crippen molar-refractivity contribution in [1.29, 1.82) is 0 Å². The monoisotopic (exact) mass is 254 g/mol. The van der Waals surface area contributed by atoms with Crippen LogP contribution in [-0.2, 0) is 4.79 Å². The van der Waals surface area contributed by atoms with Crippen LogP contribution in [0.4, 0.5) is 5.69 Å². The van der Waals surface area contributed by atoms with E-state index in [1.54, 1.807) is 12.3 Å². The minimum Gasteiger partial charge on any atom is -0.382 e. The Kier molecular flexibility index (Phi) is 3.12. The summed E-state index contributed by atoms with van der Waals surface area (Å²) < 4.78 is 0. The maximum Gasteiger partial charge on any atom is 0.263 e. The lowest BCUT2D eigenvalue weighted by atomic mass is 10.3. The van der Waals surface area contributed by atoms with E-state index in [1.165, 1.54) is 11.8 Å². The van der Waals surface area contributed by atoms with Crippen LogP contribution >= 0.6 is 23.4 Å². The number of hydrogen-bond donors (Lipinski definition) is 1. The molecule has 0 fully saturated rings. The summed E-state index contributed by atoms with van der Waals surface area (Å²) in [5.74, 6) is -0.0754. The van der Waals surface area contributed by atoms with Crippen molar-refractivity contribution in [2.45, 2.75) is 4.90 Å². The summed E-state index contributed by atoms with van der Waals surface area (Å²) in [5, 5.41) is 3.50. The minimum absolute atomic E-state index is 0.0754. The maximum absolute atomic E-state index is 11.7. The first kappa shape index (κ1) is 11.4. The van der Waals surface area contributed by atoms with E-state index in [4.69, 9.17) is 11.6 Å². The number of hydrogen-bond acceptors (Lipinski definition) is 3. The average Bonchev–Trinajstić information content (AvgIpc) is 2.19. The van der Waals surface area contributed by atoms with Crippen LogP contribution in [0.15, 0.2) is 34.2 Å². The molecule has 0 saturated heterocycles. The highest BCUT2D eigenvalue weighted by Crippen LogP contribution is 2.39. The predicted molar refractivity (Wildman–Crippen MR) is 67.7 cm³/mol. The molecule has 16 heavy (non-hydrogen) atoms. The zero-order valence-corrected chi connectivity index (χ0v) is 10.5. The number of fused-ring (bicyclic) bond motifs is 1. The van der Waals surface area contributed by atoms with Gasteiger partial charge in [0, 0.05) is 30.2 Å². The van der Waals surface area contributed by atoms with Gasteiger partial charge in [0.25, 0.3) is 5.91 Å². The molecule has 1 aliphatic heterocycles. The van der Waals surface area contributed by atoms with Crippen molar-refractivity contribution in [2.24, 2.45) is 0 Å². The van der Waals surface area contributed by atoms with Gasteiger partial charge in [-0.1, -0.05) is 23.4 Å². The van der Waals surface area contributed by atoms with Crippen molar-refractivity contribution in [3.05, 3.63) is 34.3 Å². The Morgan fingerprint density at radius 3 is 2.88 bits per heavy atom. The van der Waals surface area contributed by atoms with E-state index in [2.05, 4.69) is 5.32 Å². The molecule has 0 saturated carbocycles. The lowest BCUT2D eigenvalue weighted by molar-refractivity contribution is -0.112. The second-order valence-corrected chi connectivity index (χ2v) is 5.17. The minimum atomic E-state index is -0.0754.